The fourth-order valence-corrected chi connectivity index (χ4v) is 8.53. The molecule has 3 aromatic carbocycles. The van der Waals surface area contributed by atoms with Crippen molar-refractivity contribution >= 4 is 86.6 Å². The summed E-state index contributed by atoms with van der Waals surface area (Å²) in [5.74, 6) is -0.123. The number of hydrogen-bond donors (Lipinski definition) is 4. The van der Waals surface area contributed by atoms with Crippen LogP contribution in [0.25, 0.3) is 10.9 Å². The van der Waals surface area contributed by atoms with E-state index < -0.39 is 16.1 Å². The highest BCUT2D eigenvalue weighted by atomic mass is 35.5. The third-order valence-corrected chi connectivity index (χ3v) is 11.5. The highest BCUT2D eigenvalue weighted by Crippen LogP contribution is 2.36. The second kappa shape index (κ2) is 18.9. The maximum atomic E-state index is 13.9. The van der Waals surface area contributed by atoms with Crippen LogP contribution in [0.5, 0.6) is 5.75 Å². The van der Waals surface area contributed by atoms with Crippen molar-refractivity contribution in [1.29, 1.82) is 5.41 Å². The van der Waals surface area contributed by atoms with E-state index in [-0.39, 0.29) is 70.6 Å². The number of aryl methyl sites for hydroxylation is 2. The minimum atomic E-state index is -4.15. The van der Waals surface area contributed by atoms with Crippen molar-refractivity contribution < 1.29 is 22.7 Å². The number of unbranched alkanes of at least 4 members (excludes halogenated alkanes) is 2. The van der Waals surface area contributed by atoms with E-state index >= 15 is 0 Å². The number of amidine groups is 1. The van der Waals surface area contributed by atoms with Crippen molar-refractivity contribution in [2.24, 2.45) is 5.73 Å². The lowest BCUT2D eigenvalue weighted by atomic mass is 10.1. The predicted molar refractivity (Wildman–Crippen MR) is 210 cm³/mol. The molecule has 0 saturated carbocycles. The van der Waals surface area contributed by atoms with E-state index in [1.807, 2.05) is 32.0 Å². The lowest BCUT2D eigenvalue weighted by Gasteiger charge is -2.24. The Morgan fingerprint density at radius 3 is 2.35 bits per heavy atom. The van der Waals surface area contributed by atoms with Crippen molar-refractivity contribution in [1.82, 2.24) is 19.9 Å². The minimum Gasteiger partial charge on any atom is -0.487 e. The Morgan fingerprint density at radius 2 is 1.65 bits per heavy atom. The Hall–Kier alpha value is -3.65. The number of nitrogens with zero attached hydrogens (tertiary/aromatic N) is 2. The molecule has 16 heteroatoms. The number of pyridine rings is 1. The Labute approximate surface area is 326 Å². The summed E-state index contributed by atoms with van der Waals surface area (Å²) >= 11 is 13.2. The van der Waals surface area contributed by atoms with Gasteiger partial charge in [0.1, 0.15) is 34.6 Å². The molecule has 5 rings (SSSR count). The van der Waals surface area contributed by atoms with E-state index in [2.05, 4.69) is 15.6 Å². The Bertz CT molecular complexity index is 2030. The summed E-state index contributed by atoms with van der Waals surface area (Å²) in [4.78, 5) is 30.0. The average Bonchev–Trinajstić information content (AvgIpc) is 3.59. The second-order valence-corrected chi connectivity index (χ2v) is 14.9. The van der Waals surface area contributed by atoms with Crippen LogP contribution >= 0.6 is 48.0 Å². The number of ether oxygens (including phenoxy) is 1. The third kappa shape index (κ3) is 9.85. The van der Waals surface area contributed by atoms with Gasteiger partial charge in [-0.25, -0.2) is 13.4 Å². The highest BCUT2D eigenvalue weighted by molar-refractivity contribution is 7.89. The van der Waals surface area contributed by atoms with Gasteiger partial charge in [0.05, 0.1) is 5.02 Å². The maximum absolute atomic E-state index is 13.9. The van der Waals surface area contributed by atoms with Crippen LogP contribution in [0.4, 0.5) is 0 Å². The van der Waals surface area contributed by atoms with Gasteiger partial charge in [0.15, 0.2) is 0 Å². The highest BCUT2D eigenvalue weighted by Gasteiger charge is 2.40. The number of carbonyl (C=O) groups excluding carboxylic acids is 2. The van der Waals surface area contributed by atoms with Gasteiger partial charge in [-0.3, -0.25) is 15.0 Å². The van der Waals surface area contributed by atoms with Crippen molar-refractivity contribution in [2.75, 3.05) is 19.6 Å². The third-order valence-electron chi connectivity index (χ3n) is 8.65. The molecule has 2 amide bonds. The number of carbonyl (C=O) groups is 2. The Morgan fingerprint density at radius 1 is 0.981 bits per heavy atom. The van der Waals surface area contributed by atoms with E-state index in [0.717, 1.165) is 23.1 Å². The molecule has 1 atom stereocenters. The number of nitrogens with one attached hydrogen (secondary N) is 3. The van der Waals surface area contributed by atoms with E-state index in [4.69, 9.17) is 39.1 Å². The number of rotatable bonds is 14. The van der Waals surface area contributed by atoms with Gasteiger partial charge in [-0.05, 0) is 87.9 Å². The SMILES string of the molecule is Cc1cc(C)c2cccc(OCc3c(Cl)ccc(S(=O)(=O)N4CCC[C@H]4C(=O)NCCCCCNC(=O)c4ccc(C(=N)N)cc4)c3Cl)c2n1.Cl.Cl. The molecular weight excluding hydrogens is 770 g/mol. The molecule has 280 valence electrons. The first-order chi connectivity index (χ1) is 23.9. The van der Waals surface area contributed by atoms with Crippen LogP contribution < -0.4 is 21.1 Å². The van der Waals surface area contributed by atoms with Crippen LogP contribution in [0.1, 0.15) is 64.8 Å². The number of nitrogens with two attached hydrogens (primary N) is 1. The van der Waals surface area contributed by atoms with Crippen molar-refractivity contribution in [3.63, 3.8) is 0 Å². The number of amides is 2. The number of aromatic nitrogens is 1. The fourth-order valence-electron chi connectivity index (χ4n) is 6.01. The molecule has 0 radical (unpaired) electrons. The molecule has 1 fully saturated rings. The zero-order chi connectivity index (χ0) is 36.0. The number of fused-ring (bicyclic) bond motifs is 1. The molecule has 1 aliphatic rings. The van der Waals surface area contributed by atoms with Crippen molar-refractivity contribution in [3.8, 4) is 5.75 Å². The topological polar surface area (TPSA) is 168 Å². The number of benzene rings is 3. The molecule has 0 unspecified atom stereocenters. The molecule has 1 aliphatic heterocycles. The van der Waals surface area contributed by atoms with Gasteiger partial charge in [0, 0.05) is 52.4 Å². The number of para-hydroxylation sites is 1. The van der Waals surface area contributed by atoms with Crippen LogP contribution in [0.3, 0.4) is 0 Å². The van der Waals surface area contributed by atoms with Crippen LogP contribution in [-0.4, -0.2) is 61.0 Å². The van der Waals surface area contributed by atoms with Crippen LogP contribution in [0.15, 0.2) is 65.6 Å². The quantitative estimate of drug-likeness (QED) is 0.0622. The van der Waals surface area contributed by atoms with Crippen LogP contribution in [0.2, 0.25) is 10.0 Å². The molecule has 0 bridgehead atoms. The summed E-state index contributed by atoms with van der Waals surface area (Å²) in [7, 11) is -4.15. The summed E-state index contributed by atoms with van der Waals surface area (Å²) in [6.07, 6.45) is 3.03. The zero-order valence-electron chi connectivity index (χ0n) is 28.7. The van der Waals surface area contributed by atoms with Gasteiger partial charge in [0.25, 0.3) is 5.91 Å². The van der Waals surface area contributed by atoms with Gasteiger partial charge >= 0.3 is 0 Å². The van der Waals surface area contributed by atoms with E-state index in [1.54, 1.807) is 30.3 Å². The number of hydrogen-bond acceptors (Lipinski definition) is 7. The largest absolute Gasteiger partial charge is 0.487 e. The van der Waals surface area contributed by atoms with Crippen molar-refractivity contribution in [2.45, 2.75) is 63.5 Å². The molecule has 0 spiro atoms. The van der Waals surface area contributed by atoms with Gasteiger partial charge < -0.3 is 21.1 Å². The first kappa shape index (κ1) is 42.8. The van der Waals surface area contributed by atoms with Gasteiger partial charge in [-0.1, -0.05) is 47.5 Å². The number of nitrogen functional groups attached to an aromatic ring is 1. The summed E-state index contributed by atoms with van der Waals surface area (Å²) < 4.78 is 35.2. The second-order valence-electron chi connectivity index (χ2n) is 12.2. The van der Waals surface area contributed by atoms with E-state index in [1.165, 1.54) is 16.4 Å². The van der Waals surface area contributed by atoms with Crippen LogP contribution in [0, 0.1) is 19.3 Å². The average molecular weight is 813 g/mol. The number of sulfonamides is 1. The van der Waals surface area contributed by atoms with Gasteiger partial charge in [-0.2, -0.15) is 4.31 Å². The standard InChI is InChI=1S/C36H40Cl2N6O5S.2ClH/c1-22-20-23(2)43-33-26(22)8-6-10-30(33)49-21-27-28(37)15-16-31(32(27)38)50(47,48)44-19-7-9-29(44)36(46)42-18-5-3-4-17-41-35(45)25-13-11-24(12-14-25)34(39)40;;/h6,8,10-16,20,29H,3-5,7,9,17-19,21H2,1-2H3,(H3,39,40)(H,41,45)(H,42,46);2*1H/t29-;;/m0../s1. The van der Waals surface area contributed by atoms with E-state index in [0.29, 0.717) is 66.7 Å². The van der Waals surface area contributed by atoms with Crippen molar-refractivity contribution in [3.05, 3.63) is 98.7 Å². The lowest BCUT2D eigenvalue weighted by molar-refractivity contribution is -0.124. The first-order valence-corrected chi connectivity index (χ1v) is 18.6. The predicted octanol–water partition coefficient (Wildman–Crippen LogP) is 6.73. The summed E-state index contributed by atoms with van der Waals surface area (Å²) in [6, 6.07) is 16.1. The number of halogens is 4. The maximum Gasteiger partial charge on any atom is 0.251 e. The molecule has 11 nitrogen and oxygen atoms in total. The summed E-state index contributed by atoms with van der Waals surface area (Å²) in [6.45, 7) is 4.83. The molecule has 4 aromatic rings. The summed E-state index contributed by atoms with van der Waals surface area (Å²) in [5.41, 5.74) is 9.39. The smallest absolute Gasteiger partial charge is 0.251 e. The minimum absolute atomic E-state index is 0. The molecule has 2 heterocycles. The molecule has 1 aromatic heterocycles. The van der Waals surface area contributed by atoms with Crippen LogP contribution in [-0.2, 0) is 21.4 Å². The molecular formula is C36H42Cl4N6O5S. The fraction of sp³-hybridized carbons (Fsp3) is 0.333. The zero-order valence-corrected chi connectivity index (χ0v) is 32.7. The Balaban J connectivity index is 0.00000364. The van der Waals surface area contributed by atoms with Gasteiger partial charge in [0.2, 0.25) is 15.9 Å². The molecule has 1 saturated heterocycles. The van der Waals surface area contributed by atoms with Gasteiger partial charge in [-0.15, -0.1) is 24.8 Å². The molecule has 0 aliphatic carbocycles. The molecule has 5 N–H and O–H groups in total. The first-order valence-electron chi connectivity index (χ1n) is 16.4. The monoisotopic (exact) mass is 810 g/mol. The Kier molecular flexibility index (Phi) is 15.5. The van der Waals surface area contributed by atoms with E-state index in [9.17, 15) is 18.0 Å². The lowest BCUT2D eigenvalue weighted by Crippen LogP contribution is -2.46. The normalized spacial score (nSPS) is 14.3. The molecule has 52 heavy (non-hydrogen) atoms. The summed E-state index contributed by atoms with van der Waals surface area (Å²) in [5, 5.41) is 14.3.